The summed E-state index contributed by atoms with van der Waals surface area (Å²) < 4.78 is 6.71. The molecule has 0 saturated heterocycles. The molecule has 19 heavy (non-hydrogen) atoms. The quantitative estimate of drug-likeness (QED) is 0.879. The zero-order chi connectivity index (χ0) is 14.0. The molecule has 5 nitrogen and oxygen atoms in total. The van der Waals surface area contributed by atoms with Gasteiger partial charge in [0.1, 0.15) is 0 Å². The van der Waals surface area contributed by atoms with Crippen molar-refractivity contribution in [1.29, 1.82) is 0 Å². The summed E-state index contributed by atoms with van der Waals surface area (Å²) in [6, 6.07) is 5.89. The highest BCUT2D eigenvalue weighted by Crippen LogP contribution is 2.15. The first-order chi connectivity index (χ1) is 9.01. The van der Waals surface area contributed by atoms with Crippen LogP contribution in [-0.2, 0) is 13.6 Å². The second kappa shape index (κ2) is 5.59. The van der Waals surface area contributed by atoms with Gasteiger partial charge in [0.2, 0.25) is 0 Å². The van der Waals surface area contributed by atoms with E-state index in [2.05, 4.69) is 18.9 Å². The van der Waals surface area contributed by atoms with Crippen molar-refractivity contribution in [1.82, 2.24) is 9.47 Å². The Hall–Kier alpha value is -1.59. The Morgan fingerprint density at radius 2 is 2.21 bits per heavy atom. The SMILES string of the molecule is CC(CN)CN(C)Cc1ccc2c(c1)oc(=O)n2C. The Balaban J connectivity index is 2.15. The Morgan fingerprint density at radius 3 is 2.89 bits per heavy atom. The molecule has 1 aromatic heterocycles. The predicted molar refractivity (Wildman–Crippen MR) is 76.0 cm³/mol. The average Bonchev–Trinajstić information content (AvgIpc) is 2.64. The zero-order valence-electron chi connectivity index (χ0n) is 11.7. The highest BCUT2D eigenvalue weighted by molar-refractivity contribution is 5.73. The number of aryl methyl sites for hydroxylation is 1. The summed E-state index contributed by atoms with van der Waals surface area (Å²) in [5, 5.41) is 0. The number of oxazole rings is 1. The smallest absolute Gasteiger partial charge is 0.408 e. The van der Waals surface area contributed by atoms with Crippen LogP contribution in [0.5, 0.6) is 0 Å². The molecule has 0 radical (unpaired) electrons. The molecule has 0 saturated carbocycles. The lowest BCUT2D eigenvalue weighted by atomic mass is 10.1. The first-order valence-electron chi connectivity index (χ1n) is 6.48. The second-order valence-corrected chi connectivity index (χ2v) is 5.27. The van der Waals surface area contributed by atoms with Crippen molar-refractivity contribution in [2.24, 2.45) is 18.7 Å². The molecule has 0 aliphatic carbocycles. The molecule has 1 unspecified atom stereocenters. The van der Waals surface area contributed by atoms with Crippen LogP contribution in [-0.4, -0.2) is 29.6 Å². The van der Waals surface area contributed by atoms with E-state index in [-0.39, 0.29) is 5.76 Å². The maximum atomic E-state index is 11.4. The molecule has 1 atom stereocenters. The number of fused-ring (bicyclic) bond motifs is 1. The summed E-state index contributed by atoms with van der Waals surface area (Å²) in [7, 11) is 3.78. The first kappa shape index (κ1) is 13.8. The van der Waals surface area contributed by atoms with Crippen LogP contribution in [0, 0.1) is 5.92 Å². The summed E-state index contributed by atoms with van der Waals surface area (Å²) in [6.07, 6.45) is 0. The van der Waals surface area contributed by atoms with Crippen LogP contribution in [0.15, 0.2) is 27.4 Å². The van der Waals surface area contributed by atoms with E-state index < -0.39 is 0 Å². The van der Waals surface area contributed by atoms with Gasteiger partial charge >= 0.3 is 5.76 Å². The van der Waals surface area contributed by atoms with E-state index in [1.54, 1.807) is 7.05 Å². The third-order valence-electron chi connectivity index (χ3n) is 3.33. The standard InChI is InChI=1S/C14H21N3O2/c1-10(7-15)8-16(2)9-11-4-5-12-13(6-11)19-14(18)17(12)3/h4-6,10H,7-9,15H2,1-3H3. The number of nitrogens with zero attached hydrogens (tertiary/aromatic N) is 2. The lowest BCUT2D eigenvalue weighted by Crippen LogP contribution is -2.28. The molecule has 104 valence electrons. The van der Waals surface area contributed by atoms with E-state index in [0.717, 1.165) is 24.2 Å². The molecular weight excluding hydrogens is 242 g/mol. The van der Waals surface area contributed by atoms with Crippen molar-refractivity contribution in [3.8, 4) is 0 Å². The average molecular weight is 263 g/mol. The first-order valence-corrected chi connectivity index (χ1v) is 6.48. The van der Waals surface area contributed by atoms with Crippen LogP contribution in [0.1, 0.15) is 12.5 Å². The summed E-state index contributed by atoms with van der Waals surface area (Å²) in [4.78, 5) is 13.7. The molecule has 1 heterocycles. The predicted octanol–water partition coefficient (Wildman–Crippen LogP) is 1.16. The normalized spacial score (nSPS) is 13.3. The summed E-state index contributed by atoms with van der Waals surface area (Å²) in [5.41, 5.74) is 8.23. The van der Waals surface area contributed by atoms with Gasteiger partial charge in [0, 0.05) is 20.1 Å². The molecule has 0 fully saturated rings. The topological polar surface area (TPSA) is 64.4 Å². The van der Waals surface area contributed by atoms with Crippen LogP contribution in [0.4, 0.5) is 0 Å². The molecule has 0 spiro atoms. The Kier molecular flexibility index (Phi) is 4.07. The maximum absolute atomic E-state index is 11.4. The van der Waals surface area contributed by atoms with Gasteiger partial charge < -0.3 is 15.1 Å². The van der Waals surface area contributed by atoms with E-state index >= 15 is 0 Å². The largest absolute Gasteiger partial charge is 0.419 e. The summed E-state index contributed by atoms with van der Waals surface area (Å²) in [5.74, 6) is 0.153. The van der Waals surface area contributed by atoms with Gasteiger partial charge in [0.25, 0.3) is 0 Å². The molecule has 2 N–H and O–H groups in total. The number of rotatable bonds is 5. The number of hydrogen-bond acceptors (Lipinski definition) is 4. The van der Waals surface area contributed by atoms with Crippen molar-refractivity contribution >= 4 is 11.1 Å². The maximum Gasteiger partial charge on any atom is 0.419 e. The van der Waals surface area contributed by atoms with Gasteiger partial charge in [-0.3, -0.25) is 4.57 Å². The van der Waals surface area contributed by atoms with Gasteiger partial charge in [-0.1, -0.05) is 13.0 Å². The Bertz CT molecular complexity index is 615. The Morgan fingerprint density at radius 1 is 1.47 bits per heavy atom. The Labute approximate surface area is 112 Å². The molecule has 2 rings (SSSR count). The molecule has 0 bridgehead atoms. The minimum Gasteiger partial charge on any atom is -0.408 e. The fourth-order valence-corrected chi connectivity index (χ4v) is 2.26. The van der Waals surface area contributed by atoms with Crippen molar-refractivity contribution in [2.45, 2.75) is 13.5 Å². The molecule has 1 aromatic carbocycles. The van der Waals surface area contributed by atoms with Gasteiger partial charge in [-0.25, -0.2) is 4.79 Å². The minimum atomic E-state index is -0.322. The van der Waals surface area contributed by atoms with Gasteiger partial charge in [-0.05, 0) is 37.2 Å². The molecule has 0 aliphatic rings. The van der Waals surface area contributed by atoms with Crippen LogP contribution >= 0.6 is 0 Å². The van der Waals surface area contributed by atoms with E-state index in [0.29, 0.717) is 18.0 Å². The summed E-state index contributed by atoms with van der Waals surface area (Å²) in [6.45, 7) is 4.60. The van der Waals surface area contributed by atoms with Gasteiger partial charge in [0.05, 0.1) is 5.52 Å². The molecular formula is C14H21N3O2. The lowest BCUT2D eigenvalue weighted by Gasteiger charge is -2.20. The van der Waals surface area contributed by atoms with Gasteiger partial charge in [-0.15, -0.1) is 0 Å². The number of benzene rings is 1. The molecule has 0 amide bonds. The lowest BCUT2D eigenvalue weighted by molar-refractivity contribution is 0.282. The zero-order valence-corrected chi connectivity index (χ0v) is 11.7. The monoisotopic (exact) mass is 263 g/mol. The van der Waals surface area contributed by atoms with Crippen LogP contribution in [0.25, 0.3) is 11.1 Å². The second-order valence-electron chi connectivity index (χ2n) is 5.27. The van der Waals surface area contributed by atoms with Crippen molar-refractivity contribution < 1.29 is 4.42 Å². The number of nitrogens with two attached hydrogens (primary N) is 1. The minimum absolute atomic E-state index is 0.322. The van der Waals surface area contributed by atoms with Crippen LogP contribution < -0.4 is 11.5 Å². The van der Waals surface area contributed by atoms with E-state index in [4.69, 9.17) is 10.2 Å². The van der Waals surface area contributed by atoms with Crippen LogP contribution in [0.2, 0.25) is 0 Å². The van der Waals surface area contributed by atoms with E-state index in [1.807, 2.05) is 18.2 Å². The van der Waals surface area contributed by atoms with Crippen molar-refractivity contribution in [3.05, 3.63) is 34.3 Å². The van der Waals surface area contributed by atoms with Gasteiger partial charge in [-0.2, -0.15) is 0 Å². The highest BCUT2D eigenvalue weighted by atomic mass is 16.4. The highest BCUT2D eigenvalue weighted by Gasteiger charge is 2.09. The third-order valence-corrected chi connectivity index (χ3v) is 3.33. The van der Waals surface area contributed by atoms with Crippen molar-refractivity contribution in [2.75, 3.05) is 20.1 Å². The molecule has 2 aromatic rings. The molecule has 5 heteroatoms. The van der Waals surface area contributed by atoms with E-state index in [9.17, 15) is 4.79 Å². The number of hydrogen-bond donors (Lipinski definition) is 1. The van der Waals surface area contributed by atoms with Gasteiger partial charge in [0.15, 0.2) is 5.58 Å². The molecule has 0 aliphatic heterocycles. The number of aromatic nitrogens is 1. The van der Waals surface area contributed by atoms with Crippen molar-refractivity contribution in [3.63, 3.8) is 0 Å². The van der Waals surface area contributed by atoms with Crippen LogP contribution in [0.3, 0.4) is 0 Å². The fraction of sp³-hybridized carbons (Fsp3) is 0.500. The fourth-order valence-electron chi connectivity index (χ4n) is 2.26. The summed E-state index contributed by atoms with van der Waals surface area (Å²) >= 11 is 0. The third kappa shape index (κ3) is 3.05. The van der Waals surface area contributed by atoms with E-state index in [1.165, 1.54) is 4.57 Å².